The van der Waals surface area contributed by atoms with Crippen molar-refractivity contribution in [2.45, 2.75) is 6.92 Å². The minimum Gasteiger partial charge on any atom is -0.465 e. The van der Waals surface area contributed by atoms with Crippen molar-refractivity contribution in [2.24, 2.45) is 10.2 Å². The van der Waals surface area contributed by atoms with Gasteiger partial charge in [0.2, 0.25) is 0 Å². The molecule has 2 aromatic rings. The van der Waals surface area contributed by atoms with Crippen molar-refractivity contribution in [3.8, 4) is 0 Å². The monoisotopic (exact) mass is 353 g/mol. The number of azo groups is 1. The maximum Gasteiger partial charge on any atom is 0.411 e. The maximum atomic E-state index is 11.4. The lowest BCUT2D eigenvalue weighted by molar-refractivity contribution is -0.138. The van der Waals surface area contributed by atoms with E-state index in [1.54, 1.807) is 24.3 Å². The van der Waals surface area contributed by atoms with Gasteiger partial charge < -0.3 is 9.84 Å². The van der Waals surface area contributed by atoms with Crippen molar-refractivity contribution in [2.75, 3.05) is 18.1 Å². The van der Waals surface area contributed by atoms with Crippen LogP contribution >= 0.6 is 0 Å². The smallest absolute Gasteiger partial charge is 0.411 e. The molecule has 0 saturated carbocycles. The Morgan fingerprint density at radius 3 is 2.15 bits per heavy atom. The number of amides is 1. The van der Waals surface area contributed by atoms with Gasteiger partial charge in [-0.25, -0.2) is 9.59 Å². The fourth-order valence-electron chi connectivity index (χ4n) is 2.00. The molecule has 1 amide bonds. The molecule has 0 aliphatic carbocycles. The summed E-state index contributed by atoms with van der Waals surface area (Å²) in [6.07, 6.45) is -1.14. The molecule has 2 aromatic carbocycles. The van der Waals surface area contributed by atoms with Gasteiger partial charge in [0.15, 0.2) is 0 Å². The van der Waals surface area contributed by atoms with E-state index in [0.29, 0.717) is 11.4 Å². The quantitative estimate of drug-likeness (QED) is 0.443. The van der Waals surface area contributed by atoms with Gasteiger partial charge in [0.1, 0.15) is 6.61 Å². The molecular formula is C19H19N3O4. The minimum atomic E-state index is -1.14. The largest absolute Gasteiger partial charge is 0.465 e. The van der Waals surface area contributed by atoms with Crippen molar-refractivity contribution < 1.29 is 19.4 Å². The fraction of sp³-hybridized carbons (Fsp3) is 0.158. The molecule has 1 N–H and O–H groups in total. The third kappa shape index (κ3) is 5.55. The molecule has 0 atom stereocenters. The highest BCUT2D eigenvalue weighted by Crippen LogP contribution is 2.22. The van der Waals surface area contributed by atoms with E-state index in [0.717, 1.165) is 10.6 Å². The van der Waals surface area contributed by atoms with Crippen LogP contribution in [0.2, 0.25) is 0 Å². The summed E-state index contributed by atoms with van der Waals surface area (Å²) < 4.78 is 4.94. The first-order valence-corrected chi connectivity index (χ1v) is 7.87. The van der Waals surface area contributed by atoms with Crippen LogP contribution in [0.15, 0.2) is 77.0 Å². The number of nitrogens with zero attached hydrogens (tertiary/aromatic N) is 3. The highest BCUT2D eigenvalue weighted by atomic mass is 16.5. The number of carboxylic acid groups (broad SMARTS) is 1. The van der Waals surface area contributed by atoms with E-state index >= 15 is 0 Å². The average molecular weight is 353 g/mol. The SMILES string of the molecule is C=C(C)C(=O)OCCN(C(=O)O)c1ccc(/N=N/c2ccccc2)cc1. The number of rotatable bonds is 7. The number of benzene rings is 2. The maximum absolute atomic E-state index is 11.4. The second-order valence-electron chi connectivity index (χ2n) is 5.40. The molecule has 0 radical (unpaired) electrons. The third-order valence-electron chi connectivity index (χ3n) is 3.33. The second kappa shape index (κ2) is 9.12. The Hall–Kier alpha value is -3.48. The number of hydrogen-bond donors (Lipinski definition) is 1. The third-order valence-corrected chi connectivity index (χ3v) is 3.33. The summed E-state index contributed by atoms with van der Waals surface area (Å²) in [4.78, 5) is 23.9. The number of hydrogen-bond acceptors (Lipinski definition) is 5. The number of ether oxygens (including phenoxy) is 1. The van der Waals surface area contributed by atoms with Crippen LogP contribution in [0.1, 0.15) is 6.92 Å². The zero-order valence-corrected chi connectivity index (χ0v) is 14.3. The number of carbonyl (C=O) groups excluding carboxylic acids is 1. The summed E-state index contributed by atoms with van der Waals surface area (Å²) >= 11 is 0. The summed E-state index contributed by atoms with van der Waals surface area (Å²) in [6.45, 7) is 4.95. The highest BCUT2D eigenvalue weighted by molar-refractivity contribution is 5.88. The normalized spacial score (nSPS) is 10.5. The van der Waals surface area contributed by atoms with Crippen molar-refractivity contribution >= 4 is 29.1 Å². The van der Waals surface area contributed by atoms with Crippen molar-refractivity contribution in [1.29, 1.82) is 0 Å². The molecule has 0 aliphatic heterocycles. The first-order chi connectivity index (χ1) is 12.5. The molecule has 0 heterocycles. The molecule has 0 bridgehead atoms. The molecule has 26 heavy (non-hydrogen) atoms. The van der Waals surface area contributed by atoms with Gasteiger partial charge >= 0.3 is 12.1 Å². The molecule has 0 unspecified atom stereocenters. The van der Waals surface area contributed by atoms with E-state index < -0.39 is 12.1 Å². The van der Waals surface area contributed by atoms with Crippen LogP contribution in [0.4, 0.5) is 21.9 Å². The zero-order chi connectivity index (χ0) is 18.9. The van der Waals surface area contributed by atoms with Gasteiger partial charge in [-0.1, -0.05) is 24.8 Å². The Kier molecular flexibility index (Phi) is 6.61. The van der Waals surface area contributed by atoms with Crippen LogP contribution in [-0.2, 0) is 9.53 Å². The van der Waals surface area contributed by atoms with E-state index in [-0.39, 0.29) is 18.7 Å². The first kappa shape index (κ1) is 18.9. The minimum absolute atomic E-state index is 0.0131. The van der Waals surface area contributed by atoms with Gasteiger partial charge in [0.05, 0.1) is 17.9 Å². The van der Waals surface area contributed by atoms with Gasteiger partial charge in [-0.15, -0.1) is 0 Å². The molecule has 0 fully saturated rings. The first-order valence-electron chi connectivity index (χ1n) is 7.87. The van der Waals surface area contributed by atoms with Gasteiger partial charge in [-0.3, -0.25) is 4.90 Å². The Labute approximate surface area is 151 Å². The van der Waals surface area contributed by atoms with Crippen LogP contribution in [0.5, 0.6) is 0 Å². The summed E-state index contributed by atoms with van der Waals surface area (Å²) in [5.41, 5.74) is 2.03. The second-order valence-corrected chi connectivity index (χ2v) is 5.40. The van der Waals surface area contributed by atoms with Crippen molar-refractivity contribution in [3.63, 3.8) is 0 Å². The zero-order valence-electron chi connectivity index (χ0n) is 14.3. The van der Waals surface area contributed by atoms with Gasteiger partial charge in [-0.05, 0) is 43.3 Å². The Bertz CT molecular complexity index is 801. The highest BCUT2D eigenvalue weighted by Gasteiger charge is 2.15. The van der Waals surface area contributed by atoms with Crippen molar-refractivity contribution in [3.05, 3.63) is 66.7 Å². The van der Waals surface area contributed by atoms with E-state index in [4.69, 9.17) is 4.74 Å². The van der Waals surface area contributed by atoms with Crippen molar-refractivity contribution in [1.82, 2.24) is 0 Å². The summed E-state index contributed by atoms with van der Waals surface area (Å²) in [6, 6.07) is 15.8. The average Bonchev–Trinajstić information content (AvgIpc) is 2.64. The van der Waals surface area contributed by atoms with E-state index in [9.17, 15) is 14.7 Å². The van der Waals surface area contributed by atoms with E-state index in [1.165, 1.54) is 6.92 Å². The standard InChI is InChI=1S/C19H19N3O4/c1-14(2)18(23)26-13-12-22(19(24)25)17-10-8-16(9-11-17)21-20-15-6-4-3-5-7-15/h3-11H,1,12-13H2,2H3,(H,24,25)/b21-20+. The topological polar surface area (TPSA) is 91.6 Å². The predicted octanol–water partition coefficient (Wildman–Crippen LogP) is 4.71. The molecule has 0 saturated heterocycles. The van der Waals surface area contributed by atoms with Gasteiger partial charge in [0.25, 0.3) is 0 Å². The molecule has 0 spiro atoms. The molecule has 0 aromatic heterocycles. The molecule has 7 heteroatoms. The number of carbonyl (C=O) groups is 2. The summed E-state index contributed by atoms with van der Waals surface area (Å²) in [7, 11) is 0. The van der Waals surface area contributed by atoms with Crippen LogP contribution in [-0.4, -0.2) is 30.3 Å². The van der Waals surface area contributed by atoms with Crippen LogP contribution < -0.4 is 4.90 Å². The van der Waals surface area contributed by atoms with E-state index in [2.05, 4.69) is 16.8 Å². The molecule has 0 aliphatic rings. The van der Waals surface area contributed by atoms with Gasteiger partial charge in [-0.2, -0.15) is 10.2 Å². The molecule has 2 rings (SSSR count). The number of anilines is 1. The van der Waals surface area contributed by atoms with Crippen LogP contribution in [0, 0.1) is 0 Å². The molecule has 134 valence electrons. The Balaban J connectivity index is 2.01. The summed E-state index contributed by atoms with van der Waals surface area (Å²) in [5.74, 6) is -0.549. The van der Waals surface area contributed by atoms with E-state index in [1.807, 2.05) is 30.3 Å². The lowest BCUT2D eigenvalue weighted by Gasteiger charge is -2.19. The lowest BCUT2D eigenvalue weighted by atomic mass is 10.2. The fourth-order valence-corrected chi connectivity index (χ4v) is 2.00. The summed E-state index contributed by atoms with van der Waals surface area (Å²) in [5, 5.41) is 17.6. The molecule has 7 nitrogen and oxygen atoms in total. The Morgan fingerprint density at radius 1 is 1.04 bits per heavy atom. The lowest BCUT2D eigenvalue weighted by Crippen LogP contribution is -2.33. The Morgan fingerprint density at radius 2 is 1.62 bits per heavy atom. The predicted molar refractivity (Wildman–Crippen MR) is 98.2 cm³/mol. The van der Waals surface area contributed by atoms with Crippen LogP contribution in [0.3, 0.4) is 0 Å². The van der Waals surface area contributed by atoms with Gasteiger partial charge in [0, 0.05) is 11.3 Å². The van der Waals surface area contributed by atoms with Crippen LogP contribution in [0.25, 0.3) is 0 Å². The molecular weight excluding hydrogens is 334 g/mol. The number of esters is 1.